The number of aliphatic hydroxyl groups excluding tert-OH is 3. The zero-order chi connectivity index (χ0) is 35.9. The first-order valence-electron chi connectivity index (χ1n) is 15.9. The van der Waals surface area contributed by atoms with Crippen molar-refractivity contribution in [3.05, 3.63) is 0 Å². The summed E-state index contributed by atoms with van der Waals surface area (Å²) in [5.74, 6) is -5.12. The summed E-state index contributed by atoms with van der Waals surface area (Å²) in [6.45, 7) is 14.8. The van der Waals surface area contributed by atoms with Crippen LogP contribution in [0.1, 0.15) is 88.0 Å². The van der Waals surface area contributed by atoms with Crippen LogP contribution in [0, 0.1) is 23.7 Å². The molecule has 46 heavy (non-hydrogen) atoms. The van der Waals surface area contributed by atoms with Crippen molar-refractivity contribution in [2.45, 2.75) is 130 Å². The summed E-state index contributed by atoms with van der Waals surface area (Å²) in [6.07, 6.45) is -3.51. The standard InChI is InChI=1S/C31H57N5O10/c1-15(2)10-21(35-30(45)28(17(5)6)36-31(46)27(16(3)4)33-20(9)38)23(39)12-25(41)32-19(8)29(44)34-22(11-18(7)14-37)24(40)13-26(42)43/h15-19,21-24,27-28,37,39-40H,10-14H2,1-9H3,(H,32,41)(H,33,38)(H,34,44)(H,35,45)(H,36,46)(H,42,43). The van der Waals surface area contributed by atoms with Crippen LogP contribution in [0.2, 0.25) is 0 Å². The molecule has 0 aromatic carbocycles. The van der Waals surface area contributed by atoms with Crippen LogP contribution in [0.3, 0.4) is 0 Å². The molecule has 0 fully saturated rings. The van der Waals surface area contributed by atoms with E-state index in [-0.39, 0.29) is 36.7 Å². The van der Waals surface area contributed by atoms with Gasteiger partial charge in [0, 0.05) is 13.5 Å². The van der Waals surface area contributed by atoms with E-state index in [9.17, 15) is 44.1 Å². The molecule has 0 saturated heterocycles. The van der Waals surface area contributed by atoms with Gasteiger partial charge in [-0.05, 0) is 43.4 Å². The normalized spacial score (nSPS) is 16.8. The van der Waals surface area contributed by atoms with Crippen molar-refractivity contribution in [3.8, 4) is 0 Å². The SMILES string of the molecule is CC(=O)NC(C(=O)NC(C(=O)NC(CC(C)C)C(O)CC(=O)NC(C)C(=O)NC(CC(C)CO)C(O)CC(=O)O)C(C)C)C(C)C. The van der Waals surface area contributed by atoms with Crippen LogP contribution in [0.15, 0.2) is 0 Å². The van der Waals surface area contributed by atoms with E-state index in [2.05, 4.69) is 26.6 Å². The number of carbonyl (C=O) groups is 6. The van der Waals surface area contributed by atoms with E-state index >= 15 is 0 Å². The Labute approximate surface area is 272 Å². The number of aliphatic hydroxyl groups is 3. The summed E-state index contributed by atoms with van der Waals surface area (Å²) >= 11 is 0. The molecule has 0 aromatic rings. The lowest BCUT2D eigenvalue weighted by Gasteiger charge is -2.31. The molecule has 15 nitrogen and oxygen atoms in total. The van der Waals surface area contributed by atoms with Gasteiger partial charge in [-0.2, -0.15) is 0 Å². The molecule has 0 rings (SSSR count). The molecule has 15 heteroatoms. The van der Waals surface area contributed by atoms with Crippen molar-refractivity contribution in [2.24, 2.45) is 23.7 Å². The summed E-state index contributed by atoms with van der Waals surface area (Å²) in [6, 6.07) is -4.86. The minimum Gasteiger partial charge on any atom is -0.481 e. The van der Waals surface area contributed by atoms with E-state index in [1.165, 1.54) is 13.8 Å². The Bertz CT molecular complexity index is 1020. The van der Waals surface area contributed by atoms with Gasteiger partial charge in [-0.3, -0.25) is 28.8 Å². The number of amides is 5. The molecule has 0 bridgehead atoms. The highest BCUT2D eigenvalue weighted by atomic mass is 16.4. The van der Waals surface area contributed by atoms with E-state index in [0.29, 0.717) is 6.42 Å². The Morgan fingerprint density at radius 2 is 1.07 bits per heavy atom. The number of nitrogens with one attached hydrogen (secondary N) is 5. The minimum atomic E-state index is -1.43. The van der Waals surface area contributed by atoms with Crippen molar-refractivity contribution >= 4 is 35.5 Å². The third kappa shape index (κ3) is 16.3. The molecular weight excluding hydrogens is 602 g/mol. The number of hydrogen-bond donors (Lipinski definition) is 9. The molecule has 266 valence electrons. The van der Waals surface area contributed by atoms with Crippen LogP contribution in [0.5, 0.6) is 0 Å². The Morgan fingerprint density at radius 3 is 1.52 bits per heavy atom. The van der Waals surface area contributed by atoms with E-state index in [4.69, 9.17) is 5.11 Å². The van der Waals surface area contributed by atoms with Gasteiger partial charge >= 0.3 is 5.97 Å². The average molecular weight is 660 g/mol. The summed E-state index contributed by atoms with van der Waals surface area (Å²) in [5, 5.41) is 52.7. The topological polar surface area (TPSA) is 243 Å². The van der Waals surface area contributed by atoms with Gasteiger partial charge in [-0.1, -0.05) is 48.5 Å². The fourth-order valence-electron chi connectivity index (χ4n) is 4.77. The van der Waals surface area contributed by atoms with Gasteiger partial charge in [-0.25, -0.2) is 0 Å². The van der Waals surface area contributed by atoms with Crippen molar-refractivity contribution < 1.29 is 49.2 Å². The molecular formula is C31H57N5O10. The van der Waals surface area contributed by atoms with Crippen molar-refractivity contribution in [3.63, 3.8) is 0 Å². The maximum Gasteiger partial charge on any atom is 0.306 e. The van der Waals surface area contributed by atoms with E-state index in [1.54, 1.807) is 34.6 Å². The Balaban J connectivity index is 5.57. The van der Waals surface area contributed by atoms with Gasteiger partial charge in [0.15, 0.2) is 0 Å². The lowest BCUT2D eigenvalue weighted by Crippen LogP contribution is -2.59. The van der Waals surface area contributed by atoms with E-state index in [0.717, 1.165) is 0 Å². The van der Waals surface area contributed by atoms with E-state index < -0.39 is 90.8 Å². The third-order valence-electron chi connectivity index (χ3n) is 7.38. The molecule has 0 saturated carbocycles. The van der Waals surface area contributed by atoms with Gasteiger partial charge < -0.3 is 47.0 Å². The second kappa shape index (κ2) is 20.7. The number of aliphatic carboxylic acids is 1. The zero-order valence-electron chi connectivity index (χ0n) is 28.6. The Kier molecular flexibility index (Phi) is 19.3. The highest BCUT2D eigenvalue weighted by Gasteiger charge is 2.33. The van der Waals surface area contributed by atoms with Gasteiger partial charge in [-0.15, -0.1) is 0 Å². The lowest BCUT2D eigenvalue weighted by molar-refractivity contribution is -0.140. The van der Waals surface area contributed by atoms with Gasteiger partial charge in [0.05, 0.1) is 37.1 Å². The second-order valence-corrected chi connectivity index (χ2v) is 13.3. The Morgan fingerprint density at radius 1 is 0.609 bits per heavy atom. The predicted octanol–water partition coefficient (Wildman–Crippen LogP) is -0.587. The molecule has 0 aliphatic heterocycles. The number of carboxylic acids is 1. The summed E-state index contributed by atoms with van der Waals surface area (Å²) in [7, 11) is 0. The fourth-order valence-corrected chi connectivity index (χ4v) is 4.77. The molecule has 8 atom stereocenters. The van der Waals surface area contributed by atoms with Crippen LogP contribution in [-0.4, -0.2) is 105 Å². The highest BCUT2D eigenvalue weighted by molar-refractivity contribution is 5.92. The maximum atomic E-state index is 13.4. The molecule has 8 unspecified atom stereocenters. The first-order chi connectivity index (χ1) is 21.2. The number of hydrogen-bond acceptors (Lipinski definition) is 9. The maximum absolute atomic E-state index is 13.4. The number of carboxylic acid groups (broad SMARTS) is 1. The second-order valence-electron chi connectivity index (χ2n) is 13.3. The zero-order valence-corrected chi connectivity index (χ0v) is 28.6. The summed E-state index contributed by atoms with van der Waals surface area (Å²) in [5.41, 5.74) is 0. The Hall–Kier alpha value is -3.30. The quantitative estimate of drug-likeness (QED) is 0.0758. The smallest absolute Gasteiger partial charge is 0.306 e. The molecule has 0 heterocycles. The van der Waals surface area contributed by atoms with Crippen molar-refractivity contribution in [1.29, 1.82) is 0 Å². The molecule has 0 aliphatic carbocycles. The van der Waals surface area contributed by atoms with Gasteiger partial charge in [0.25, 0.3) is 0 Å². The van der Waals surface area contributed by atoms with Gasteiger partial charge in [0.1, 0.15) is 18.1 Å². The molecule has 9 N–H and O–H groups in total. The number of carbonyl (C=O) groups excluding carboxylic acids is 5. The summed E-state index contributed by atoms with van der Waals surface area (Å²) < 4.78 is 0. The molecule has 0 aromatic heterocycles. The summed E-state index contributed by atoms with van der Waals surface area (Å²) in [4.78, 5) is 74.6. The molecule has 5 amide bonds. The highest BCUT2D eigenvalue weighted by Crippen LogP contribution is 2.15. The van der Waals surface area contributed by atoms with Crippen LogP contribution in [-0.2, 0) is 28.8 Å². The largest absolute Gasteiger partial charge is 0.481 e. The number of rotatable bonds is 21. The van der Waals surface area contributed by atoms with Crippen molar-refractivity contribution in [2.75, 3.05) is 6.61 Å². The van der Waals surface area contributed by atoms with Crippen LogP contribution >= 0.6 is 0 Å². The molecule has 0 radical (unpaired) electrons. The first kappa shape index (κ1) is 42.7. The molecule has 0 spiro atoms. The minimum absolute atomic E-state index is 0.000340. The molecule has 0 aliphatic rings. The fraction of sp³-hybridized carbons (Fsp3) is 0.806. The average Bonchev–Trinajstić information content (AvgIpc) is 2.92. The predicted molar refractivity (Wildman–Crippen MR) is 170 cm³/mol. The van der Waals surface area contributed by atoms with Crippen LogP contribution in [0.25, 0.3) is 0 Å². The first-order valence-corrected chi connectivity index (χ1v) is 15.9. The third-order valence-corrected chi connectivity index (χ3v) is 7.38. The van der Waals surface area contributed by atoms with Crippen molar-refractivity contribution in [1.82, 2.24) is 26.6 Å². The van der Waals surface area contributed by atoms with Crippen LogP contribution < -0.4 is 26.6 Å². The van der Waals surface area contributed by atoms with Crippen LogP contribution in [0.4, 0.5) is 0 Å². The lowest BCUT2D eigenvalue weighted by atomic mass is 9.95. The monoisotopic (exact) mass is 659 g/mol. The van der Waals surface area contributed by atoms with Gasteiger partial charge in [0.2, 0.25) is 29.5 Å². The van der Waals surface area contributed by atoms with E-state index in [1.807, 2.05) is 13.8 Å².